The van der Waals surface area contributed by atoms with Crippen LogP contribution in [-0.4, -0.2) is 42.9 Å². The largest absolute Gasteiger partial charge is 0.459 e. The Morgan fingerprint density at radius 3 is 2.26 bits per heavy atom. The summed E-state index contributed by atoms with van der Waals surface area (Å²) < 4.78 is 5.20. The highest BCUT2D eigenvalue weighted by Crippen LogP contribution is 2.21. The summed E-state index contributed by atoms with van der Waals surface area (Å²) in [5, 5.41) is 2.99. The van der Waals surface area contributed by atoms with Crippen LogP contribution in [0.3, 0.4) is 0 Å². The number of rotatable bonds is 6. The van der Waals surface area contributed by atoms with Crippen molar-refractivity contribution in [3.05, 3.63) is 48.4 Å². The lowest BCUT2D eigenvalue weighted by Crippen LogP contribution is -2.48. The van der Waals surface area contributed by atoms with Crippen LogP contribution < -0.4 is 10.2 Å². The van der Waals surface area contributed by atoms with E-state index < -0.39 is 0 Å². The summed E-state index contributed by atoms with van der Waals surface area (Å²) in [6.45, 7) is 6.93. The van der Waals surface area contributed by atoms with Crippen molar-refractivity contribution in [1.82, 2.24) is 4.90 Å². The van der Waals surface area contributed by atoms with E-state index in [1.165, 1.54) is 6.26 Å². The van der Waals surface area contributed by atoms with Crippen LogP contribution in [0.4, 0.5) is 11.4 Å². The first kappa shape index (κ1) is 19.0. The van der Waals surface area contributed by atoms with Crippen molar-refractivity contribution >= 4 is 23.2 Å². The molecule has 27 heavy (non-hydrogen) atoms. The van der Waals surface area contributed by atoms with Crippen molar-refractivity contribution in [2.45, 2.75) is 26.7 Å². The molecular formula is C21H27N3O3. The van der Waals surface area contributed by atoms with Gasteiger partial charge < -0.3 is 19.5 Å². The molecule has 0 bridgehead atoms. The Hall–Kier alpha value is -2.76. The van der Waals surface area contributed by atoms with Gasteiger partial charge in [0, 0.05) is 43.5 Å². The topological polar surface area (TPSA) is 65.8 Å². The molecule has 1 aliphatic heterocycles. The van der Waals surface area contributed by atoms with Crippen LogP contribution in [0.5, 0.6) is 0 Å². The first-order valence-electron chi connectivity index (χ1n) is 9.61. The van der Waals surface area contributed by atoms with Crippen molar-refractivity contribution < 1.29 is 14.0 Å². The summed E-state index contributed by atoms with van der Waals surface area (Å²) in [6.07, 6.45) is 3.22. The molecule has 2 heterocycles. The Kier molecular flexibility index (Phi) is 6.16. The summed E-state index contributed by atoms with van der Waals surface area (Å²) in [4.78, 5) is 28.6. The molecule has 0 aliphatic carbocycles. The molecule has 1 aromatic heterocycles. The highest BCUT2D eigenvalue weighted by Gasteiger charge is 2.23. The number of furan rings is 1. The molecule has 1 N–H and O–H groups in total. The molecule has 1 saturated heterocycles. The van der Waals surface area contributed by atoms with Crippen molar-refractivity contribution in [3.63, 3.8) is 0 Å². The fourth-order valence-electron chi connectivity index (χ4n) is 3.38. The standard InChI is InChI=1S/C21H27N3O3/c1-3-16(4-2)20(25)22-17-7-9-18(10-8-17)23-11-13-24(14-12-23)21(26)19-6-5-15-27-19/h5-10,15-16H,3-4,11-14H2,1-2H3,(H,22,25). The summed E-state index contributed by atoms with van der Waals surface area (Å²) in [5.74, 6) is 0.474. The fraction of sp³-hybridized carbons (Fsp3) is 0.429. The minimum atomic E-state index is -0.0564. The normalized spacial score (nSPS) is 14.5. The number of piperazine rings is 1. The van der Waals surface area contributed by atoms with Gasteiger partial charge in [-0.1, -0.05) is 13.8 Å². The van der Waals surface area contributed by atoms with Gasteiger partial charge in [-0.05, 0) is 49.2 Å². The number of nitrogens with zero attached hydrogens (tertiary/aromatic N) is 2. The van der Waals surface area contributed by atoms with Gasteiger partial charge in [-0.3, -0.25) is 9.59 Å². The molecule has 0 spiro atoms. The molecule has 1 aromatic carbocycles. The molecule has 1 aliphatic rings. The van der Waals surface area contributed by atoms with Crippen molar-refractivity contribution in [3.8, 4) is 0 Å². The second kappa shape index (κ2) is 8.75. The number of nitrogens with one attached hydrogen (secondary N) is 1. The summed E-state index contributed by atoms with van der Waals surface area (Å²) in [6, 6.07) is 11.3. The van der Waals surface area contributed by atoms with Crippen LogP contribution in [0.15, 0.2) is 47.1 Å². The summed E-state index contributed by atoms with van der Waals surface area (Å²) in [5.41, 5.74) is 1.92. The number of benzene rings is 1. The van der Waals surface area contributed by atoms with Gasteiger partial charge in [-0.25, -0.2) is 0 Å². The average molecular weight is 369 g/mol. The zero-order chi connectivity index (χ0) is 19.2. The van der Waals surface area contributed by atoms with Crippen LogP contribution in [0.25, 0.3) is 0 Å². The Balaban J connectivity index is 1.54. The lowest BCUT2D eigenvalue weighted by molar-refractivity contribution is -0.120. The van der Waals surface area contributed by atoms with Gasteiger partial charge in [0.25, 0.3) is 5.91 Å². The highest BCUT2D eigenvalue weighted by molar-refractivity contribution is 5.93. The van der Waals surface area contributed by atoms with Crippen LogP contribution >= 0.6 is 0 Å². The van der Waals surface area contributed by atoms with Gasteiger partial charge in [0.05, 0.1) is 6.26 Å². The van der Waals surface area contributed by atoms with Crippen molar-refractivity contribution in [2.75, 3.05) is 36.4 Å². The minimum absolute atomic E-state index is 0.0564. The summed E-state index contributed by atoms with van der Waals surface area (Å²) in [7, 11) is 0. The molecule has 2 amide bonds. The predicted octanol–water partition coefficient (Wildman–Crippen LogP) is 3.62. The zero-order valence-electron chi connectivity index (χ0n) is 16.0. The molecule has 6 nitrogen and oxygen atoms in total. The van der Waals surface area contributed by atoms with E-state index in [2.05, 4.69) is 10.2 Å². The van der Waals surface area contributed by atoms with E-state index in [0.717, 1.165) is 37.3 Å². The quantitative estimate of drug-likeness (QED) is 0.845. The third kappa shape index (κ3) is 4.51. The third-order valence-corrected chi connectivity index (χ3v) is 5.16. The third-order valence-electron chi connectivity index (χ3n) is 5.16. The van der Waals surface area contributed by atoms with E-state index in [-0.39, 0.29) is 17.7 Å². The Morgan fingerprint density at radius 2 is 1.70 bits per heavy atom. The minimum Gasteiger partial charge on any atom is -0.459 e. The van der Waals surface area contributed by atoms with Gasteiger partial charge in [0.2, 0.25) is 5.91 Å². The monoisotopic (exact) mass is 369 g/mol. The lowest BCUT2D eigenvalue weighted by atomic mass is 10.0. The second-order valence-corrected chi connectivity index (χ2v) is 6.81. The van der Waals surface area contributed by atoms with Crippen LogP contribution in [0.1, 0.15) is 37.2 Å². The maximum Gasteiger partial charge on any atom is 0.289 e. The van der Waals surface area contributed by atoms with Crippen molar-refractivity contribution in [2.24, 2.45) is 5.92 Å². The Bertz CT molecular complexity index is 743. The molecule has 1 fully saturated rings. The highest BCUT2D eigenvalue weighted by atomic mass is 16.3. The van der Waals surface area contributed by atoms with E-state index >= 15 is 0 Å². The molecule has 3 rings (SSSR count). The maximum absolute atomic E-state index is 12.3. The molecular weight excluding hydrogens is 342 g/mol. The molecule has 0 saturated carbocycles. The van der Waals surface area contributed by atoms with Crippen molar-refractivity contribution in [1.29, 1.82) is 0 Å². The number of anilines is 2. The first-order chi connectivity index (χ1) is 13.1. The Labute approximate surface area is 160 Å². The second-order valence-electron chi connectivity index (χ2n) is 6.81. The fourth-order valence-corrected chi connectivity index (χ4v) is 3.38. The number of hydrogen-bond acceptors (Lipinski definition) is 4. The molecule has 0 atom stereocenters. The first-order valence-corrected chi connectivity index (χ1v) is 9.61. The molecule has 144 valence electrons. The molecule has 0 unspecified atom stereocenters. The van der Waals surface area contributed by atoms with Gasteiger partial charge in [-0.2, -0.15) is 0 Å². The maximum atomic E-state index is 12.3. The number of amides is 2. The summed E-state index contributed by atoms with van der Waals surface area (Å²) >= 11 is 0. The molecule has 0 radical (unpaired) electrons. The Morgan fingerprint density at radius 1 is 1.04 bits per heavy atom. The van der Waals surface area contributed by atoms with Gasteiger partial charge in [0.15, 0.2) is 5.76 Å². The van der Waals surface area contributed by atoms with E-state index in [1.54, 1.807) is 12.1 Å². The van der Waals surface area contributed by atoms with E-state index in [0.29, 0.717) is 18.8 Å². The SMILES string of the molecule is CCC(CC)C(=O)Nc1ccc(N2CCN(C(=O)c3ccco3)CC2)cc1. The smallest absolute Gasteiger partial charge is 0.289 e. The number of carbonyl (C=O) groups excluding carboxylic acids is 2. The van der Waals surface area contributed by atoms with E-state index in [9.17, 15) is 9.59 Å². The van der Waals surface area contributed by atoms with Gasteiger partial charge in [-0.15, -0.1) is 0 Å². The van der Waals surface area contributed by atoms with Crippen LogP contribution in [-0.2, 0) is 4.79 Å². The number of hydrogen-bond donors (Lipinski definition) is 1. The van der Waals surface area contributed by atoms with E-state index in [4.69, 9.17) is 4.42 Å². The van der Waals surface area contributed by atoms with E-state index in [1.807, 2.05) is 43.0 Å². The number of carbonyl (C=O) groups is 2. The van der Waals surface area contributed by atoms with Gasteiger partial charge >= 0.3 is 0 Å². The van der Waals surface area contributed by atoms with Gasteiger partial charge in [0.1, 0.15) is 0 Å². The predicted molar refractivity (Wildman–Crippen MR) is 106 cm³/mol. The van der Waals surface area contributed by atoms with Crippen LogP contribution in [0, 0.1) is 5.92 Å². The average Bonchev–Trinajstić information content (AvgIpc) is 3.24. The van der Waals surface area contributed by atoms with Crippen LogP contribution in [0.2, 0.25) is 0 Å². The zero-order valence-corrected chi connectivity index (χ0v) is 16.0. The molecule has 2 aromatic rings. The lowest BCUT2D eigenvalue weighted by Gasteiger charge is -2.35. The molecule has 6 heteroatoms.